The van der Waals surface area contributed by atoms with E-state index in [1.54, 1.807) is 4.90 Å². The van der Waals surface area contributed by atoms with E-state index in [4.69, 9.17) is 0 Å². The molecule has 1 unspecified atom stereocenters. The number of hydrogen-bond donors (Lipinski definition) is 1. The van der Waals surface area contributed by atoms with Crippen LogP contribution in [0.15, 0.2) is 12.1 Å². The predicted molar refractivity (Wildman–Crippen MR) is 112 cm³/mol. The highest BCUT2D eigenvalue weighted by atomic mass is 32.1. The van der Waals surface area contributed by atoms with Crippen LogP contribution in [0.3, 0.4) is 0 Å². The van der Waals surface area contributed by atoms with Crippen LogP contribution in [0.5, 0.6) is 0 Å². The third-order valence-electron chi connectivity index (χ3n) is 6.44. The third-order valence-corrected chi connectivity index (χ3v) is 7.43. The van der Waals surface area contributed by atoms with E-state index in [1.807, 2.05) is 19.1 Å². The Kier molecular flexibility index (Phi) is 5.66. The number of piperidine rings is 2. The van der Waals surface area contributed by atoms with Crippen molar-refractivity contribution in [2.45, 2.75) is 57.5 Å². The van der Waals surface area contributed by atoms with Gasteiger partial charge in [-0.25, -0.2) is 4.79 Å². The van der Waals surface area contributed by atoms with Crippen molar-refractivity contribution in [1.82, 2.24) is 20.0 Å². The van der Waals surface area contributed by atoms with Crippen molar-refractivity contribution in [2.24, 2.45) is 0 Å². The predicted octanol–water partition coefficient (Wildman–Crippen LogP) is 2.46. The van der Waals surface area contributed by atoms with Gasteiger partial charge >= 0.3 is 6.03 Å². The number of urea groups is 1. The van der Waals surface area contributed by atoms with Gasteiger partial charge in [0.2, 0.25) is 0 Å². The van der Waals surface area contributed by atoms with Gasteiger partial charge in [0, 0.05) is 31.1 Å². The average molecular weight is 419 g/mol. The summed E-state index contributed by atoms with van der Waals surface area (Å²) in [6, 6.07) is 3.28. The lowest BCUT2D eigenvalue weighted by Crippen LogP contribution is -2.56. The monoisotopic (exact) mass is 418 g/mol. The number of nitrogens with one attached hydrogen (secondary N) is 1. The standard InChI is InChI=1S/C21H30N4O3S/c1-3-10-23-12-8-21(9-13-23)19(27)25(20(28)22-21)16-5-4-11-24(14-16)18(26)17-7-6-15(2)29-17/h6-7,16H,3-5,8-14H2,1-2H3,(H,22,28). The maximum Gasteiger partial charge on any atom is 0.325 e. The van der Waals surface area contributed by atoms with Gasteiger partial charge in [-0.05, 0) is 57.7 Å². The first-order chi connectivity index (χ1) is 13.9. The van der Waals surface area contributed by atoms with Crippen molar-refractivity contribution < 1.29 is 14.4 Å². The molecule has 1 aromatic rings. The molecule has 3 fully saturated rings. The summed E-state index contributed by atoms with van der Waals surface area (Å²) in [6.45, 7) is 7.94. The maximum absolute atomic E-state index is 13.3. The summed E-state index contributed by atoms with van der Waals surface area (Å²) in [5.74, 6) is -0.0904. The molecular formula is C21H30N4O3S. The Hall–Kier alpha value is -1.93. The van der Waals surface area contributed by atoms with Gasteiger partial charge in [0.05, 0.1) is 10.9 Å². The number of likely N-dealkylation sites (tertiary alicyclic amines) is 2. The van der Waals surface area contributed by atoms with Gasteiger partial charge in [-0.3, -0.25) is 14.5 Å². The van der Waals surface area contributed by atoms with Crippen molar-refractivity contribution in [3.8, 4) is 0 Å². The van der Waals surface area contributed by atoms with E-state index in [0.717, 1.165) is 48.7 Å². The molecule has 4 rings (SSSR count). The molecule has 7 nitrogen and oxygen atoms in total. The number of carbonyl (C=O) groups is 3. The zero-order chi connectivity index (χ0) is 20.6. The van der Waals surface area contributed by atoms with Crippen LogP contribution in [0.4, 0.5) is 4.79 Å². The summed E-state index contributed by atoms with van der Waals surface area (Å²) in [5.41, 5.74) is -0.752. The van der Waals surface area contributed by atoms with Crippen molar-refractivity contribution in [2.75, 3.05) is 32.7 Å². The first-order valence-corrected chi connectivity index (χ1v) is 11.5. The molecule has 0 radical (unpaired) electrons. The van der Waals surface area contributed by atoms with Crippen molar-refractivity contribution in [3.05, 3.63) is 21.9 Å². The van der Waals surface area contributed by atoms with E-state index >= 15 is 0 Å². The van der Waals surface area contributed by atoms with E-state index in [2.05, 4.69) is 17.1 Å². The van der Waals surface area contributed by atoms with E-state index < -0.39 is 5.54 Å². The molecule has 0 saturated carbocycles. The maximum atomic E-state index is 13.3. The highest BCUT2D eigenvalue weighted by Crippen LogP contribution is 2.32. The summed E-state index contributed by atoms with van der Waals surface area (Å²) in [5, 5.41) is 3.02. The van der Waals surface area contributed by atoms with E-state index in [9.17, 15) is 14.4 Å². The number of nitrogens with zero attached hydrogens (tertiary/aromatic N) is 3. The minimum atomic E-state index is -0.752. The topological polar surface area (TPSA) is 73.0 Å². The van der Waals surface area contributed by atoms with Crippen LogP contribution < -0.4 is 5.32 Å². The molecule has 8 heteroatoms. The number of thiophene rings is 1. The second-order valence-electron chi connectivity index (χ2n) is 8.49. The van der Waals surface area contributed by atoms with Gasteiger partial charge < -0.3 is 15.1 Å². The van der Waals surface area contributed by atoms with Gasteiger partial charge in [-0.2, -0.15) is 0 Å². The fourth-order valence-corrected chi connectivity index (χ4v) is 5.68. The molecule has 0 aliphatic carbocycles. The first kappa shape index (κ1) is 20.3. The minimum Gasteiger partial charge on any atom is -0.336 e. The molecular weight excluding hydrogens is 388 g/mol. The lowest BCUT2D eigenvalue weighted by molar-refractivity contribution is -0.135. The Labute approximate surface area is 176 Å². The molecule has 3 saturated heterocycles. The summed E-state index contributed by atoms with van der Waals surface area (Å²) in [7, 11) is 0. The van der Waals surface area contributed by atoms with Gasteiger partial charge in [0.1, 0.15) is 5.54 Å². The Bertz CT molecular complexity index is 800. The molecule has 0 aromatic carbocycles. The fourth-order valence-electron chi connectivity index (χ4n) is 4.84. The van der Waals surface area contributed by atoms with Crippen LogP contribution in [0, 0.1) is 6.92 Å². The third kappa shape index (κ3) is 3.80. The summed E-state index contributed by atoms with van der Waals surface area (Å²) in [4.78, 5) is 46.4. The van der Waals surface area contributed by atoms with E-state index in [1.165, 1.54) is 16.2 Å². The molecule has 1 atom stereocenters. The van der Waals surface area contributed by atoms with E-state index in [0.29, 0.717) is 25.9 Å². The van der Waals surface area contributed by atoms with Crippen LogP contribution in [0.2, 0.25) is 0 Å². The molecule has 4 heterocycles. The minimum absolute atomic E-state index is 0.00226. The number of carbonyl (C=O) groups excluding carboxylic acids is 3. The fraction of sp³-hybridized carbons (Fsp3) is 0.667. The number of imide groups is 1. The average Bonchev–Trinajstić information content (AvgIpc) is 3.25. The van der Waals surface area contributed by atoms with Gasteiger partial charge in [-0.15, -0.1) is 11.3 Å². The second kappa shape index (κ2) is 8.07. The molecule has 4 amide bonds. The molecule has 158 valence electrons. The van der Waals surface area contributed by atoms with Crippen LogP contribution in [0.1, 0.15) is 53.6 Å². The molecule has 29 heavy (non-hydrogen) atoms. The number of rotatable bonds is 4. The second-order valence-corrected chi connectivity index (χ2v) is 9.77. The first-order valence-electron chi connectivity index (χ1n) is 10.7. The highest BCUT2D eigenvalue weighted by molar-refractivity contribution is 7.13. The zero-order valence-electron chi connectivity index (χ0n) is 17.3. The number of aryl methyl sites for hydroxylation is 1. The van der Waals surface area contributed by atoms with Crippen LogP contribution in [-0.4, -0.2) is 76.8 Å². The Morgan fingerprint density at radius 2 is 2.00 bits per heavy atom. The summed E-state index contributed by atoms with van der Waals surface area (Å²) < 4.78 is 0. The van der Waals surface area contributed by atoms with Gasteiger partial charge in [-0.1, -0.05) is 6.92 Å². The largest absolute Gasteiger partial charge is 0.336 e. The Morgan fingerprint density at radius 1 is 1.24 bits per heavy atom. The highest BCUT2D eigenvalue weighted by Gasteiger charge is 2.54. The number of hydrogen-bond acceptors (Lipinski definition) is 5. The molecule has 0 bridgehead atoms. The molecule has 1 aromatic heterocycles. The van der Waals surface area contributed by atoms with Crippen LogP contribution >= 0.6 is 11.3 Å². The lowest BCUT2D eigenvalue weighted by Gasteiger charge is -2.39. The Morgan fingerprint density at radius 3 is 2.66 bits per heavy atom. The molecule has 3 aliphatic heterocycles. The zero-order valence-corrected chi connectivity index (χ0v) is 18.1. The van der Waals surface area contributed by atoms with Crippen molar-refractivity contribution in [1.29, 1.82) is 0 Å². The molecule has 1 N–H and O–H groups in total. The van der Waals surface area contributed by atoms with Crippen molar-refractivity contribution in [3.63, 3.8) is 0 Å². The van der Waals surface area contributed by atoms with Crippen LogP contribution in [0.25, 0.3) is 0 Å². The Balaban J connectivity index is 1.44. The van der Waals surface area contributed by atoms with Gasteiger partial charge in [0.25, 0.3) is 11.8 Å². The van der Waals surface area contributed by atoms with Crippen molar-refractivity contribution >= 4 is 29.2 Å². The van der Waals surface area contributed by atoms with Crippen LogP contribution in [-0.2, 0) is 4.79 Å². The molecule has 3 aliphatic rings. The smallest absolute Gasteiger partial charge is 0.325 e. The quantitative estimate of drug-likeness (QED) is 0.763. The molecule has 1 spiro atoms. The summed E-state index contributed by atoms with van der Waals surface area (Å²) in [6.07, 6.45) is 3.98. The SMILES string of the molecule is CCCN1CCC2(CC1)NC(=O)N(C1CCCN(C(=O)c3ccc(C)s3)C1)C2=O. The summed E-state index contributed by atoms with van der Waals surface area (Å²) >= 11 is 1.49. The normalized spacial score (nSPS) is 25.0. The number of amides is 4. The lowest BCUT2D eigenvalue weighted by atomic mass is 9.87. The van der Waals surface area contributed by atoms with Gasteiger partial charge in [0.15, 0.2) is 0 Å². The van der Waals surface area contributed by atoms with E-state index in [-0.39, 0.29) is 23.9 Å².